The van der Waals surface area contributed by atoms with Crippen molar-refractivity contribution in [2.24, 2.45) is 0 Å². The average Bonchev–Trinajstić information content (AvgIpc) is 2.90. The van der Waals surface area contributed by atoms with Crippen LogP contribution in [0.4, 0.5) is 5.69 Å². The van der Waals surface area contributed by atoms with Gasteiger partial charge in [0.05, 0.1) is 10.7 Å². The molecule has 100 valence electrons. The number of hydrogen-bond donors (Lipinski definition) is 1. The van der Waals surface area contributed by atoms with E-state index in [1.165, 1.54) is 11.1 Å². The molecule has 3 aromatic rings. The van der Waals surface area contributed by atoms with Gasteiger partial charge in [-0.2, -0.15) is 0 Å². The maximum Gasteiger partial charge on any atom is 0.0976 e. The lowest BCUT2D eigenvalue weighted by Crippen LogP contribution is -1.88. The second-order valence-electron chi connectivity index (χ2n) is 4.91. The van der Waals surface area contributed by atoms with E-state index in [0.29, 0.717) is 0 Å². The molecule has 0 radical (unpaired) electrons. The molecule has 1 aromatic heterocycles. The first-order valence-corrected chi connectivity index (χ1v) is 7.44. The zero-order chi connectivity index (χ0) is 13.9. The van der Waals surface area contributed by atoms with E-state index >= 15 is 0 Å². The first kappa shape index (κ1) is 12.9. The van der Waals surface area contributed by atoms with Gasteiger partial charge in [0.2, 0.25) is 0 Å². The van der Waals surface area contributed by atoms with Gasteiger partial charge < -0.3 is 5.73 Å². The Morgan fingerprint density at radius 1 is 1.10 bits per heavy atom. The van der Waals surface area contributed by atoms with Gasteiger partial charge >= 0.3 is 0 Å². The third kappa shape index (κ3) is 2.89. The normalized spacial score (nSPS) is 10.7. The number of thiazole rings is 1. The van der Waals surface area contributed by atoms with Crippen LogP contribution < -0.4 is 5.73 Å². The molecule has 20 heavy (non-hydrogen) atoms. The standard InChI is InChI=1S/C17H16N2S/c1-12-5-7-13(8-6-12)9-17-19-16(11-20-17)14-3-2-4-15(18)10-14/h2-8,10-11H,9,18H2,1H3. The summed E-state index contributed by atoms with van der Waals surface area (Å²) in [6, 6.07) is 16.5. The fourth-order valence-corrected chi connectivity index (χ4v) is 2.94. The van der Waals surface area contributed by atoms with Crippen molar-refractivity contribution in [3.05, 3.63) is 70.0 Å². The fourth-order valence-electron chi connectivity index (χ4n) is 2.10. The van der Waals surface area contributed by atoms with Crippen LogP contribution in [0.5, 0.6) is 0 Å². The lowest BCUT2D eigenvalue weighted by molar-refractivity contribution is 1.14. The first-order valence-electron chi connectivity index (χ1n) is 6.56. The maximum atomic E-state index is 5.82. The third-order valence-electron chi connectivity index (χ3n) is 3.21. The van der Waals surface area contributed by atoms with Gasteiger partial charge in [0.1, 0.15) is 0 Å². The molecule has 3 rings (SSSR count). The number of rotatable bonds is 3. The molecule has 0 saturated heterocycles. The molecule has 0 bridgehead atoms. The summed E-state index contributed by atoms with van der Waals surface area (Å²) in [6.45, 7) is 2.10. The van der Waals surface area contributed by atoms with Crippen LogP contribution in [0.25, 0.3) is 11.3 Å². The van der Waals surface area contributed by atoms with Crippen molar-refractivity contribution < 1.29 is 0 Å². The number of nitrogens with zero attached hydrogens (tertiary/aromatic N) is 1. The number of aromatic nitrogens is 1. The predicted molar refractivity (Wildman–Crippen MR) is 85.9 cm³/mol. The van der Waals surface area contributed by atoms with Gasteiger partial charge in [-0.25, -0.2) is 4.98 Å². The summed E-state index contributed by atoms with van der Waals surface area (Å²) in [7, 11) is 0. The van der Waals surface area contributed by atoms with Crippen molar-refractivity contribution >= 4 is 17.0 Å². The highest BCUT2D eigenvalue weighted by molar-refractivity contribution is 7.10. The molecule has 0 aliphatic rings. The number of anilines is 1. The number of aryl methyl sites for hydroxylation is 1. The van der Waals surface area contributed by atoms with E-state index in [1.807, 2.05) is 24.3 Å². The molecule has 0 amide bonds. The van der Waals surface area contributed by atoms with Crippen LogP contribution in [0, 0.1) is 6.92 Å². The van der Waals surface area contributed by atoms with Crippen LogP contribution in [-0.4, -0.2) is 4.98 Å². The summed E-state index contributed by atoms with van der Waals surface area (Å²) in [6.07, 6.45) is 0.882. The molecule has 0 atom stereocenters. The Labute approximate surface area is 122 Å². The Hall–Kier alpha value is -2.13. The smallest absolute Gasteiger partial charge is 0.0976 e. The van der Waals surface area contributed by atoms with Crippen molar-refractivity contribution in [3.8, 4) is 11.3 Å². The van der Waals surface area contributed by atoms with Crippen molar-refractivity contribution in [2.45, 2.75) is 13.3 Å². The van der Waals surface area contributed by atoms with Gasteiger partial charge in [-0.05, 0) is 24.6 Å². The maximum absolute atomic E-state index is 5.82. The fraction of sp³-hybridized carbons (Fsp3) is 0.118. The van der Waals surface area contributed by atoms with Gasteiger partial charge in [-0.3, -0.25) is 0 Å². The van der Waals surface area contributed by atoms with Gasteiger partial charge in [0.15, 0.2) is 0 Å². The highest BCUT2D eigenvalue weighted by Gasteiger charge is 2.05. The minimum atomic E-state index is 0.774. The van der Waals surface area contributed by atoms with Crippen molar-refractivity contribution in [2.75, 3.05) is 5.73 Å². The van der Waals surface area contributed by atoms with Gasteiger partial charge in [-0.15, -0.1) is 11.3 Å². The first-order chi connectivity index (χ1) is 9.70. The molecule has 1 heterocycles. The average molecular weight is 280 g/mol. The van der Waals surface area contributed by atoms with Crippen molar-refractivity contribution in [3.63, 3.8) is 0 Å². The number of benzene rings is 2. The van der Waals surface area contributed by atoms with Crippen LogP contribution >= 0.6 is 11.3 Å². The molecule has 0 fully saturated rings. The summed E-state index contributed by atoms with van der Waals surface area (Å²) in [5.41, 5.74) is 11.3. The Morgan fingerprint density at radius 3 is 2.65 bits per heavy atom. The summed E-state index contributed by atoms with van der Waals surface area (Å²) in [5.74, 6) is 0. The number of nitrogen functional groups attached to an aromatic ring is 1. The van der Waals surface area contributed by atoms with E-state index in [9.17, 15) is 0 Å². The van der Waals surface area contributed by atoms with Crippen LogP contribution in [-0.2, 0) is 6.42 Å². The van der Waals surface area contributed by atoms with Crippen LogP contribution in [0.15, 0.2) is 53.9 Å². The van der Waals surface area contributed by atoms with Gasteiger partial charge in [0.25, 0.3) is 0 Å². The third-order valence-corrected chi connectivity index (χ3v) is 4.06. The zero-order valence-electron chi connectivity index (χ0n) is 11.3. The highest BCUT2D eigenvalue weighted by atomic mass is 32.1. The second-order valence-corrected chi connectivity index (χ2v) is 5.86. The van der Waals surface area contributed by atoms with Gasteiger partial charge in [-0.1, -0.05) is 42.0 Å². The molecule has 2 N–H and O–H groups in total. The second kappa shape index (κ2) is 5.47. The molecule has 0 saturated carbocycles. The van der Waals surface area contributed by atoms with Crippen LogP contribution in [0.2, 0.25) is 0 Å². The van der Waals surface area contributed by atoms with E-state index in [4.69, 9.17) is 10.7 Å². The molecule has 0 aliphatic heterocycles. The van der Waals surface area contributed by atoms with E-state index in [0.717, 1.165) is 28.4 Å². The molecule has 2 aromatic carbocycles. The van der Waals surface area contributed by atoms with E-state index < -0.39 is 0 Å². The molecule has 2 nitrogen and oxygen atoms in total. The molecule has 0 aliphatic carbocycles. The number of nitrogens with two attached hydrogens (primary N) is 1. The minimum absolute atomic E-state index is 0.774. The predicted octanol–water partition coefficient (Wildman–Crippen LogP) is 4.29. The topological polar surface area (TPSA) is 38.9 Å². The Morgan fingerprint density at radius 2 is 1.90 bits per heavy atom. The molecular weight excluding hydrogens is 264 g/mol. The summed E-state index contributed by atoms with van der Waals surface area (Å²) < 4.78 is 0. The quantitative estimate of drug-likeness (QED) is 0.727. The Kier molecular flexibility index (Phi) is 3.52. The van der Waals surface area contributed by atoms with Crippen LogP contribution in [0.3, 0.4) is 0 Å². The van der Waals surface area contributed by atoms with Crippen molar-refractivity contribution in [1.82, 2.24) is 4.98 Å². The van der Waals surface area contributed by atoms with Crippen LogP contribution in [0.1, 0.15) is 16.1 Å². The minimum Gasteiger partial charge on any atom is -0.399 e. The van der Waals surface area contributed by atoms with E-state index in [-0.39, 0.29) is 0 Å². The SMILES string of the molecule is Cc1ccc(Cc2nc(-c3cccc(N)c3)cs2)cc1. The van der Waals surface area contributed by atoms with E-state index in [1.54, 1.807) is 11.3 Å². The zero-order valence-corrected chi connectivity index (χ0v) is 12.2. The molecule has 3 heteroatoms. The summed E-state index contributed by atoms with van der Waals surface area (Å²) >= 11 is 1.70. The highest BCUT2D eigenvalue weighted by Crippen LogP contribution is 2.24. The number of hydrogen-bond acceptors (Lipinski definition) is 3. The Bertz CT molecular complexity index is 714. The van der Waals surface area contributed by atoms with E-state index in [2.05, 4.69) is 36.6 Å². The lowest BCUT2D eigenvalue weighted by Gasteiger charge is -1.99. The molecular formula is C17H16N2S. The summed E-state index contributed by atoms with van der Waals surface area (Å²) in [5, 5.41) is 3.23. The van der Waals surface area contributed by atoms with Gasteiger partial charge in [0, 0.05) is 23.1 Å². The molecule has 0 spiro atoms. The summed E-state index contributed by atoms with van der Waals surface area (Å²) in [4.78, 5) is 4.70. The largest absolute Gasteiger partial charge is 0.399 e. The lowest BCUT2D eigenvalue weighted by atomic mass is 10.1. The van der Waals surface area contributed by atoms with Crippen molar-refractivity contribution in [1.29, 1.82) is 0 Å². The Balaban J connectivity index is 1.82. The monoisotopic (exact) mass is 280 g/mol. The molecule has 0 unspecified atom stereocenters.